The smallest absolute Gasteiger partial charge is 0.0988 e. The molecule has 2 N–H and O–H groups in total. The molecule has 0 amide bonds. The lowest BCUT2D eigenvalue weighted by Gasteiger charge is -2.36. The predicted molar refractivity (Wildman–Crippen MR) is 75.0 cm³/mol. The Morgan fingerprint density at radius 1 is 1.53 bits per heavy atom. The summed E-state index contributed by atoms with van der Waals surface area (Å²) in [5.74, 6) is 0.489. The molecule has 0 spiro atoms. The van der Waals surface area contributed by atoms with Crippen molar-refractivity contribution in [3.8, 4) is 6.07 Å². The minimum absolute atomic E-state index is 0.0328. The molecule has 1 unspecified atom stereocenters. The number of hydrogen-bond acceptors (Lipinski definition) is 3. The number of rotatable bonds is 3. The van der Waals surface area contributed by atoms with Gasteiger partial charge in [-0.2, -0.15) is 5.26 Å². The lowest BCUT2D eigenvalue weighted by atomic mass is 9.68. The summed E-state index contributed by atoms with van der Waals surface area (Å²) < 4.78 is 0. The molecule has 0 aromatic carbocycles. The van der Waals surface area contributed by atoms with Crippen LogP contribution >= 0.6 is 11.9 Å². The van der Waals surface area contributed by atoms with Crippen molar-refractivity contribution in [2.75, 3.05) is 0 Å². The van der Waals surface area contributed by atoms with Gasteiger partial charge in [-0.15, -0.1) is 0 Å². The van der Waals surface area contributed by atoms with E-state index in [1.54, 1.807) is 0 Å². The zero-order valence-corrected chi connectivity index (χ0v) is 11.9. The highest BCUT2D eigenvalue weighted by molar-refractivity contribution is 8.00. The van der Waals surface area contributed by atoms with Gasteiger partial charge < -0.3 is 0 Å². The van der Waals surface area contributed by atoms with Crippen LogP contribution in [0.3, 0.4) is 0 Å². The molecule has 0 radical (unpaired) electrons. The summed E-state index contributed by atoms with van der Waals surface area (Å²) >= 11 is 1.30. The van der Waals surface area contributed by atoms with Crippen molar-refractivity contribution < 1.29 is 0 Å². The average molecular weight is 250 g/mol. The van der Waals surface area contributed by atoms with E-state index in [9.17, 15) is 5.26 Å². The molecule has 0 bridgehead atoms. The monoisotopic (exact) mass is 250 g/mol. The Morgan fingerprint density at radius 2 is 2.18 bits per heavy atom. The molecule has 0 aromatic heterocycles. The fourth-order valence-corrected chi connectivity index (χ4v) is 3.35. The van der Waals surface area contributed by atoms with Crippen LogP contribution in [0.15, 0.2) is 22.6 Å². The van der Waals surface area contributed by atoms with Crippen LogP contribution in [0.25, 0.3) is 0 Å². The fourth-order valence-electron chi connectivity index (χ4n) is 2.61. The van der Waals surface area contributed by atoms with Gasteiger partial charge in [0.05, 0.1) is 6.07 Å². The van der Waals surface area contributed by atoms with Crippen LogP contribution in [0.1, 0.15) is 46.5 Å². The molecule has 0 aromatic rings. The summed E-state index contributed by atoms with van der Waals surface area (Å²) in [4.78, 5) is 1.16. The van der Waals surface area contributed by atoms with Gasteiger partial charge in [-0.3, -0.25) is 5.14 Å². The van der Waals surface area contributed by atoms with Crippen molar-refractivity contribution in [3.63, 3.8) is 0 Å². The Kier molecular flexibility index (Phi) is 4.85. The van der Waals surface area contributed by atoms with E-state index in [4.69, 9.17) is 5.14 Å². The molecule has 1 aliphatic carbocycles. The topological polar surface area (TPSA) is 49.8 Å². The van der Waals surface area contributed by atoms with Crippen LogP contribution in [0, 0.1) is 22.7 Å². The zero-order chi connectivity index (χ0) is 13.1. The zero-order valence-electron chi connectivity index (χ0n) is 11.0. The standard InChI is InChI=1S/C14H22N2S/c1-10(2)14(4)8-6-5-7-12(17-16)13(14)11(3)9-15/h10H,3,5-8,16H2,1-2,4H3. The molecule has 0 saturated heterocycles. The summed E-state index contributed by atoms with van der Waals surface area (Å²) in [5.41, 5.74) is 1.74. The van der Waals surface area contributed by atoms with Gasteiger partial charge in [-0.25, -0.2) is 0 Å². The highest BCUT2D eigenvalue weighted by atomic mass is 32.2. The summed E-state index contributed by atoms with van der Waals surface area (Å²) in [5, 5.41) is 15.0. The predicted octanol–water partition coefficient (Wildman–Crippen LogP) is 4.16. The Morgan fingerprint density at radius 3 is 2.65 bits per heavy atom. The van der Waals surface area contributed by atoms with Gasteiger partial charge in [-0.05, 0) is 36.2 Å². The van der Waals surface area contributed by atoms with E-state index in [2.05, 4.69) is 33.4 Å². The minimum atomic E-state index is 0.0328. The van der Waals surface area contributed by atoms with E-state index in [-0.39, 0.29) is 5.41 Å². The maximum absolute atomic E-state index is 9.17. The molecule has 0 saturated carbocycles. The number of allylic oxidation sites excluding steroid dienone is 3. The second kappa shape index (κ2) is 5.75. The van der Waals surface area contributed by atoms with Gasteiger partial charge in [0.25, 0.3) is 0 Å². The van der Waals surface area contributed by atoms with E-state index in [0.29, 0.717) is 11.5 Å². The number of nitrogens with two attached hydrogens (primary N) is 1. The molecule has 0 aliphatic heterocycles. The molecule has 0 fully saturated rings. The molecule has 1 rings (SSSR count). The molecular weight excluding hydrogens is 228 g/mol. The van der Waals surface area contributed by atoms with E-state index < -0.39 is 0 Å². The lowest BCUT2D eigenvalue weighted by Crippen LogP contribution is -2.27. The van der Waals surface area contributed by atoms with Crippen molar-refractivity contribution in [2.24, 2.45) is 16.5 Å². The normalized spacial score (nSPS) is 25.6. The summed E-state index contributed by atoms with van der Waals surface area (Å²) in [7, 11) is 0. The van der Waals surface area contributed by atoms with E-state index in [1.807, 2.05) is 0 Å². The molecule has 94 valence electrons. The third-order valence-electron chi connectivity index (χ3n) is 4.05. The van der Waals surface area contributed by atoms with Crippen LogP contribution in [0.5, 0.6) is 0 Å². The third kappa shape index (κ3) is 2.75. The van der Waals surface area contributed by atoms with Crippen LogP contribution in [-0.4, -0.2) is 0 Å². The fraction of sp³-hybridized carbons (Fsp3) is 0.643. The first kappa shape index (κ1) is 14.3. The Bertz CT molecular complexity index is 376. The molecular formula is C14H22N2S. The largest absolute Gasteiger partial charge is 0.274 e. The maximum Gasteiger partial charge on any atom is 0.0988 e. The van der Waals surface area contributed by atoms with Gasteiger partial charge in [0.1, 0.15) is 0 Å². The summed E-state index contributed by atoms with van der Waals surface area (Å²) in [6.45, 7) is 10.6. The molecule has 17 heavy (non-hydrogen) atoms. The summed E-state index contributed by atoms with van der Waals surface area (Å²) in [6, 6.07) is 2.22. The second-order valence-corrected chi connectivity index (χ2v) is 6.01. The SMILES string of the molecule is C=C(C#N)C1=C(SN)CCCCC1(C)C(C)C. The van der Waals surface area contributed by atoms with Crippen LogP contribution in [0.4, 0.5) is 0 Å². The number of nitrogens with zero attached hydrogens (tertiary/aromatic N) is 1. The Hall–Kier alpha value is -0.720. The van der Waals surface area contributed by atoms with Gasteiger partial charge >= 0.3 is 0 Å². The van der Waals surface area contributed by atoms with Gasteiger partial charge in [-0.1, -0.05) is 45.7 Å². The van der Waals surface area contributed by atoms with Gasteiger partial charge in [0, 0.05) is 10.5 Å². The van der Waals surface area contributed by atoms with Crippen molar-refractivity contribution in [1.29, 1.82) is 5.26 Å². The quantitative estimate of drug-likeness (QED) is 0.604. The first-order chi connectivity index (χ1) is 7.97. The average Bonchev–Trinajstić information content (AvgIpc) is 2.48. The van der Waals surface area contributed by atoms with Crippen LogP contribution < -0.4 is 5.14 Å². The number of nitriles is 1. The summed E-state index contributed by atoms with van der Waals surface area (Å²) in [6.07, 6.45) is 4.45. The molecule has 3 heteroatoms. The Balaban J connectivity index is 3.35. The van der Waals surface area contributed by atoms with Crippen LogP contribution in [0.2, 0.25) is 0 Å². The van der Waals surface area contributed by atoms with Gasteiger partial charge in [0.2, 0.25) is 0 Å². The first-order valence-electron chi connectivity index (χ1n) is 6.17. The van der Waals surface area contributed by atoms with Gasteiger partial charge in [0.15, 0.2) is 0 Å². The number of hydrogen-bond donors (Lipinski definition) is 1. The highest BCUT2D eigenvalue weighted by Crippen LogP contribution is 2.48. The first-order valence-corrected chi connectivity index (χ1v) is 7.05. The molecule has 2 nitrogen and oxygen atoms in total. The second-order valence-electron chi connectivity index (χ2n) is 5.29. The molecule has 0 heterocycles. The van der Waals surface area contributed by atoms with Crippen molar-refractivity contribution in [3.05, 3.63) is 22.6 Å². The van der Waals surface area contributed by atoms with E-state index in [1.165, 1.54) is 18.4 Å². The van der Waals surface area contributed by atoms with E-state index in [0.717, 1.165) is 29.7 Å². The lowest BCUT2D eigenvalue weighted by molar-refractivity contribution is 0.256. The Labute approximate surface area is 109 Å². The van der Waals surface area contributed by atoms with E-state index >= 15 is 0 Å². The third-order valence-corrected chi connectivity index (χ3v) is 4.75. The highest BCUT2D eigenvalue weighted by Gasteiger charge is 2.37. The maximum atomic E-state index is 9.17. The van der Waals surface area contributed by atoms with Crippen molar-refractivity contribution in [2.45, 2.75) is 46.5 Å². The van der Waals surface area contributed by atoms with Crippen LogP contribution in [-0.2, 0) is 0 Å². The molecule has 1 atom stereocenters. The van der Waals surface area contributed by atoms with Crippen molar-refractivity contribution in [1.82, 2.24) is 0 Å². The minimum Gasteiger partial charge on any atom is -0.274 e. The molecule has 1 aliphatic rings. The van der Waals surface area contributed by atoms with Crippen molar-refractivity contribution >= 4 is 11.9 Å².